The summed E-state index contributed by atoms with van der Waals surface area (Å²) >= 11 is 6.82. The Morgan fingerprint density at radius 2 is 2.20 bits per heavy atom. The number of hydrogen-bond donors (Lipinski definition) is 0. The van der Waals surface area contributed by atoms with Crippen molar-refractivity contribution < 1.29 is 18.0 Å². The van der Waals surface area contributed by atoms with Crippen LogP contribution in [0.1, 0.15) is 13.3 Å². The molecule has 0 aromatic carbocycles. The second-order valence-corrected chi connectivity index (χ2v) is 6.48. The number of carbonyl (C=O) groups is 1. The number of thioether (sulfide) groups is 1. The van der Waals surface area contributed by atoms with Gasteiger partial charge in [0.2, 0.25) is 5.91 Å². The van der Waals surface area contributed by atoms with E-state index in [4.69, 9.17) is 11.6 Å². The first-order valence-electron chi connectivity index (χ1n) is 7.42. The first-order chi connectivity index (χ1) is 11.8. The molecule has 25 heavy (non-hydrogen) atoms. The molecule has 0 unspecified atom stereocenters. The lowest BCUT2D eigenvalue weighted by Gasteiger charge is -2.19. The third-order valence-electron chi connectivity index (χ3n) is 3.20. The van der Waals surface area contributed by atoms with Crippen LogP contribution in [-0.2, 0) is 4.79 Å². The maximum Gasteiger partial charge on any atom is 0.397 e. The van der Waals surface area contributed by atoms with Crippen LogP contribution in [0.3, 0.4) is 0 Å². The zero-order valence-electron chi connectivity index (χ0n) is 13.3. The van der Waals surface area contributed by atoms with Crippen LogP contribution < -0.4 is 4.90 Å². The lowest BCUT2D eigenvalue weighted by Crippen LogP contribution is -2.31. The van der Waals surface area contributed by atoms with Crippen LogP contribution in [-0.4, -0.2) is 44.9 Å². The van der Waals surface area contributed by atoms with Crippen molar-refractivity contribution in [3.63, 3.8) is 0 Å². The van der Waals surface area contributed by atoms with Crippen LogP contribution in [0.2, 0.25) is 5.15 Å². The van der Waals surface area contributed by atoms with Crippen molar-refractivity contribution in [3.05, 3.63) is 35.9 Å². The first-order valence-corrected chi connectivity index (χ1v) is 8.95. The molecule has 0 bridgehead atoms. The molecular weight excluding hydrogens is 377 g/mol. The Hall–Kier alpha value is -1.74. The molecule has 0 aliphatic heterocycles. The van der Waals surface area contributed by atoms with Crippen molar-refractivity contribution in [2.75, 3.05) is 23.0 Å². The van der Waals surface area contributed by atoms with Crippen molar-refractivity contribution in [1.29, 1.82) is 0 Å². The van der Waals surface area contributed by atoms with Crippen LogP contribution in [0.4, 0.5) is 18.9 Å². The van der Waals surface area contributed by atoms with E-state index in [0.29, 0.717) is 29.7 Å². The maximum atomic E-state index is 12.3. The van der Waals surface area contributed by atoms with Gasteiger partial charge in [-0.1, -0.05) is 11.6 Å². The van der Waals surface area contributed by atoms with Gasteiger partial charge in [0, 0.05) is 24.9 Å². The highest BCUT2D eigenvalue weighted by atomic mass is 35.5. The Morgan fingerprint density at radius 3 is 2.80 bits per heavy atom. The van der Waals surface area contributed by atoms with E-state index < -0.39 is 11.9 Å². The molecule has 0 saturated carbocycles. The summed E-state index contributed by atoms with van der Waals surface area (Å²) in [6.07, 6.45) is 0.577. The monoisotopic (exact) mass is 392 g/mol. The average molecular weight is 393 g/mol. The number of halogens is 4. The lowest BCUT2D eigenvalue weighted by molar-refractivity contribution is -0.118. The largest absolute Gasteiger partial charge is 0.397 e. The van der Waals surface area contributed by atoms with E-state index in [9.17, 15) is 18.0 Å². The summed E-state index contributed by atoms with van der Waals surface area (Å²) in [5.41, 5.74) is 1.10. The third kappa shape index (κ3) is 5.64. The summed E-state index contributed by atoms with van der Waals surface area (Å²) in [6.45, 7) is 2.10. The lowest BCUT2D eigenvalue weighted by atomic mass is 10.3. The summed E-state index contributed by atoms with van der Waals surface area (Å²) in [5, 5.41) is 4.30. The molecule has 2 aromatic heterocycles. The highest BCUT2D eigenvalue weighted by molar-refractivity contribution is 7.99. The maximum absolute atomic E-state index is 12.3. The average Bonchev–Trinajstić information content (AvgIpc) is 2.94. The second-order valence-electron chi connectivity index (χ2n) is 5.02. The molecule has 0 N–H and O–H groups in total. The molecule has 2 heterocycles. The number of aromatic nitrogens is 3. The van der Waals surface area contributed by atoms with Crippen molar-refractivity contribution in [2.24, 2.45) is 0 Å². The van der Waals surface area contributed by atoms with Crippen LogP contribution in [0.15, 0.2) is 30.7 Å². The van der Waals surface area contributed by atoms with Gasteiger partial charge in [0.15, 0.2) is 5.15 Å². The van der Waals surface area contributed by atoms with Crippen molar-refractivity contribution in [1.82, 2.24) is 14.8 Å². The number of pyridine rings is 1. The Labute approximate surface area is 152 Å². The molecule has 2 rings (SSSR count). The standard InChI is InChI=1S/C15H16ClF3N4OS/c1-2-22(13(24)5-7-25-10-15(17,18)19)12-9-23(21-14(12)16)11-4-3-6-20-8-11/h3-4,6,8-9H,2,5,7,10H2,1H3. The summed E-state index contributed by atoms with van der Waals surface area (Å²) < 4.78 is 37.9. The van der Waals surface area contributed by atoms with Gasteiger partial charge < -0.3 is 4.90 Å². The van der Waals surface area contributed by atoms with Gasteiger partial charge in [-0.05, 0) is 19.1 Å². The molecule has 10 heteroatoms. The summed E-state index contributed by atoms with van der Waals surface area (Å²) in [6, 6.07) is 3.53. The number of amides is 1. The van der Waals surface area contributed by atoms with Crippen LogP contribution in [0, 0.1) is 0 Å². The quantitative estimate of drug-likeness (QED) is 0.669. The van der Waals surface area contributed by atoms with Gasteiger partial charge in [-0.25, -0.2) is 4.68 Å². The van der Waals surface area contributed by atoms with Crippen molar-refractivity contribution in [3.8, 4) is 5.69 Å². The summed E-state index contributed by atoms with van der Waals surface area (Å²) in [7, 11) is 0. The molecular formula is C15H16ClF3N4OS. The van der Waals surface area contributed by atoms with Gasteiger partial charge in [-0.3, -0.25) is 9.78 Å². The van der Waals surface area contributed by atoms with E-state index in [1.54, 1.807) is 37.6 Å². The Kier molecular flexibility index (Phi) is 6.71. The SMILES string of the molecule is CCN(C(=O)CCSCC(F)(F)F)c1cn(-c2cccnc2)nc1Cl. The predicted octanol–water partition coefficient (Wildman–Crippen LogP) is 3.96. The zero-order valence-corrected chi connectivity index (χ0v) is 14.9. The van der Waals surface area contributed by atoms with E-state index in [2.05, 4.69) is 10.1 Å². The third-order valence-corrected chi connectivity index (χ3v) is 4.49. The molecule has 0 saturated heterocycles. The number of alkyl halides is 3. The van der Waals surface area contributed by atoms with Gasteiger partial charge in [-0.15, -0.1) is 0 Å². The predicted molar refractivity (Wildman–Crippen MR) is 92.4 cm³/mol. The van der Waals surface area contributed by atoms with E-state index in [0.717, 1.165) is 0 Å². The Balaban J connectivity index is 2.05. The number of rotatable bonds is 7. The minimum Gasteiger partial charge on any atom is -0.308 e. The topological polar surface area (TPSA) is 51.0 Å². The molecule has 0 aliphatic carbocycles. The van der Waals surface area contributed by atoms with Gasteiger partial charge in [0.25, 0.3) is 0 Å². The molecule has 0 radical (unpaired) electrons. The Bertz CT molecular complexity index is 709. The van der Waals surface area contributed by atoms with Crippen molar-refractivity contribution >= 4 is 35.0 Å². The number of nitrogens with zero attached hydrogens (tertiary/aromatic N) is 4. The number of hydrogen-bond acceptors (Lipinski definition) is 4. The molecule has 0 fully saturated rings. The number of carbonyl (C=O) groups excluding carboxylic acids is 1. The normalized spacial score (nSPS) is 11.6. The highest BCUT2D eigenvalue weighted by Crippen LogP contribution is 2.27. The molecule has 2 aromatic rings. The molecule has 1 amide bonds. The molecule has 0 spiro atoms. The van der Waals surface area contributed by atoms with Gasteiger partial charge in [-0.2, -0.15) is 30.0 Å². The van der Waals surface area contributed by atoms with E-state index in [1.165, 1.54) is 9.58 Å². The molecule has 5 nitrogen and oxygen atoms in total. The molecule has 0 aliphatic rings. The fourth-order valence-corrected chi connectivity index (χ4v) is 3.04. The fourth-order valence-electron chi connectivity index (χ4n) is 2.11. The van der Waals surface area contributed by atoms with E-state index in [1.807, 2.05) is 0 Å². The second kappa shape index (κ2) is 8.57. The smallest absolute Gasteiger partial charge is 0.308 e. The van der Waals surface area contributed by atoms with Gasteiger partial charge in [0.1, 0.15) is 5.69 Å². The van der Waals surface area contributed by atoms with E-state index >= 15 is 0 Å². The summed E-state index contributed by atoms with van der Waals surface area (Å²) in [4.78, 5) is 17.7. The van der Waals surface area contributed by atoms with Crippen LogP contribution in [0.25, 0.3) is 5.69 Å². The minimum atomic E-state index is -4.23. The Morgan fingerprint density at radius 1 is 1.44 bits per heavy atom. The molecule has 136 valence electrons. The van der Waals surface area contributed by atoms with Gasteiger partial charge >= 0.3 is 6.18 Å². The minimum absolute atomic E-state index is 0.0109. The van der Waals surface area contributed by atoms with Crippen LogP contribution in [0.5, 0.6) is 0 Å². The van der Waals surface area contributed by atoms with Crippen LogP contribution >= 0.6 is 23.4 Å². The molecule has 0 atom stereocenters. The zero-order chi connectivity index (χ0) is 18.4. The first kappa shape index (κ1) is 19.6. The van der Waals surface area contributed by atoms with Gasteiger partial charge in [0.05, 0.1) is 23.8 Å². The van der Waals surface area contributed by atoms with Crippen molar-refractivity contribution in [2.45, 2.75) is 19.5 Å². The highest BCUT2D eigenvalue weighted by Gasteiger charge is 2.27. The van der Waals surface area contributed by atoms with E-state index in [-0.39, 0.29) is 23.2 Å². The number of anilines is 1. The fraction of sp³-hybridized carbons (Fsp3) is 0.400. The summed E-state index contributed by atoms with van der Waals surface area (Å²) in [5.74, 6) is -1.18.